The second-order valence-corrected chi connectivity index (χ2v) is 6.33. The number of carboxylic acid groups (broad SMARTS) is 1. The molecule has 7 nitrogen and oxygen atoms in total. The first kappa shape index (κ1) is 14.6. The van der Waals surface area contributed by atoms with E-state index in [9.17, 15) is 14.7 Å². The summed E-state index contributed by atoms with van der Waals surface area (Å²) >= 11 is 1.32. The van der Waals surface area contributed by atoms with Gasteiger partial charge in [-0.05, 0) is 13.3 Å². The number of rotatable bonds is 3. The number of aliphatic carboxylic acids is 1. The molecule has 114 valence electrons. The fraction of sp³-hybridized carbons (Fsp3) is 0.357. The Labute approximate surface area is 130 Å². The molecule has 2 aromatic rings. The van der Waals surface area contributed by atoms with Crippen LogP contribution in [0.4, 0.5) is 0 Å². The Bertz CT molecular complexity index is 718. The zero-order valence-electron chi connectivity index (χ0n) is 11.9. The van der Waals surface area contributed by atoms with E-state index in [1.165, 1.54) is 11.3 Å². The van der Waals surface area contributed by atoms with Gasteiger partial charge in [0.05, 0.1) is 11.6 Å². The molecule has 1 aliphatic rings. The Morgan fingerprint density at radius 2 is 2.23 bits per heavy atom. The summed E-state index contributed by atoms with van der Waals surface area (Å²) in [5.41, 5.74) is 0.0583. The molecular weight excluding hydrogens is 304 g/mol. The zero-order chi connectivity index (χ0) is 15.7. The van der Waals surface area contributed by atoms with E-state index in [2.05, 4.69) is 15.0 Å². The number of carboxylic acids is 1. The Hall–Kier alpha value is -2.35. The van der Waals surface area contributed by atoms with Gasteiger partial charge in [0, 0.05) is 30.9 Å². The van der Waals surface area contributed by atoms with Crippen molar-refractivity contribution in [2.45, 2.75) is 13.3 Å². The lowest BCUT2D eigenvalue weighted by Gasteiger charge is -2.19. The van der Waals surface area contributed by atoms with Gasteiger partial charge in [0.25, 0.3) is 5.91 Å². The van der Waals surface area contributed by atoms with E-state index in [-0.39, 0.29) is 12.5 Å². The highest BCUT2D eigenvalue weighted by atomic mass is 32.1. The highest BCUT2D eigenvalue weighted by Crippen LogP contribution is 2.31. The van der Waals surface area contributed by atoms with Crippen molar-refractivity contribution in [2.75, 3.05) is 13.1 Å². The number of likely N-dealkylation sites (tertiary alicyclic amines) is 1. The third-order valence-electron chi connectivity index (χ3n) is 3.78. The van der Waals surface area contributed by atoms with Crippen LogP contribution in [0.25, 0.3) is 10.7 Å². The molecule has 22 heavy (non-hydrogen) atoms. The van der Waals surface area contributed by atoms with E-state index in [1.807, 2.05) is 0 Å². The number of aromatic nitrogens is 3. The molecule has 2 aromatic heterocycles. The average molecular weight is 318 g/mol. The fourth-order valence-corrected chi connectivity index (χ4v) is 3.12. The quantitative estimate of drug-likeness (QED) is 0.922. The molecule has 1 fully saturated rings. The number of carbonyl (C=O) groups excluding carboxylic acids is 1. The number of hydrogen-bond acceptors (Lipinski definition) is 6. The molecule has 8 heteroatoms. The first-order chi connectivity index (χ1) is 10.5. The second kappa shape index (κ2) is 5.45. The molecule has 0 spiro atoms. The minimum atomic E-state index is -0.876. The van der Waals surface area contributed by atoms with E-state index in [4.69, 9.17) is 0 Å². The SMILES string of the molecule is CC1(C(=O)O)CCN(C(=O)c2csc(-c3cnccn3)n2)C1. The van der Waals surface area contributed by atoms with Crippen LogP contribution >= 0.6 is 11.3 Å². The van der Waals surface area contributed by atoms with Gasteiger partial charge in [-0.25, -0.2) is 4.98 Å². The minimum absolute atomic E-state index is 0.208. The number of nitrogens with zero attached hydrogens (tertiary/aromatic N) is 4. The van der Waals surface area contributed by atoms with Crippen LogP contribution in [0.5, 0.6) is 0 Å². The van der Waals surface area contributed by atoms with Crippen LogP contribution in [-0.2, 0) is 4.79 Å². The predicted molar refractivity (Wildman–Crippen MR) is 79.4 cm³/mol. The smallest absolute Gasteiger partial charge is 0.311 e. The largest absolute Gasteiger partial charge is 0.481 e. The summed E-state index contributed by atoms with van der Waals surface area (Å²) in [6.45, 7) is 2.30. The Morgan fingerprint density at radius 3 is 2.86 bits per heavy atom. The van der Waals surface area contributed by atoms with E-state index in [0.717, 1.165) is 0 Å². The van der Waals surface area contributed by atoms with Crippen LogP contribution in [0.2, 0.25) is 0 Å². The number of hydrogen-bond donors (Lipinski definition) is 1. The Kier molecular flexibility index (Phi) is 3.61. The molecular formula is C14H14N4O3S. The topological polar surface area (TPSA) is 96.3 Å². The van der Waals surface area contributed by atoms with Crippen LogP contribution in [0.15, 0.2) is 24.0 Å². The van der Waals surface area contributed by atoms with E-state index in [0.29, 0.717) is 29.4 Å². The van der Waals surface area contributed by atoms with Gasteiger partial charge in [-0.1, -0.05) is 0 Å². The van der Waals surface area contributed by atoms with Gasteiger partial charge in [0.1, 0.15) is 16.4 Å². The standard InChI is InChI=1S/C14H14N4O3S/c1-14(13(20)21)2-5-18(8-14)12(19)10-7-22-11(17-10)9-6-15-3-4-16-9/h3-4,6-7H,2,5,8H2,1H3,(H,20,21). The van der Waals surface area contributed by atoms with Crippen LogP contribution in [-0.4, -0.2) is 49.9 Å². The van der Waals surface area contributed by atoms with E-state index >= 15 is 0 Å². The minimum Gasteiger partial charge on any atom is -0.481 e. The van der Waals surface area contributed by atoms with Crippen molar-refractivity contribution in [3.63, 3.8) is 0 Å². The van der Waals surface area contributed by atoms with Gasteiger partial charge < -0.3 is 10.0 Å². The van der Waals surface area contributed by atoms with Crippen LogP contribution in [0.1, 0.15) is 23.8 Å². The van der Waals surface area contributed by atoms with Gasteiger partial charge in [0.15, 0.2) is 0 Å². The molecule has 0 aromatic carbocycles. The Balaban J connectivity index is 1.77. The third-order valence-corrected chi connectivity index (χ3v) is 4.65. The lowest BCUT2D eigenvalue weighted by atomic mass is 9.90. The monoisotopic (exact) mass is 318 g/mol. The van der Waals surface area contributed by atoms with Gasteiger partial charge in [-0.2, -0.15) is 0 Å². The van der Waals surface area contributed by atoms with Crippen molar-refractivity contribution in [2.24, 2.45) is 5.41 Å². The first-order valence-corrected chi connectivity index (χ1v) is 7.62. The molecule has 0 bridgehead atoms. The second-order valence-electron chi connectivity index (χ2n) is 5.47. The molecule has 0 aliphatic carbocycles. The predicted octanol–water partition coefficient (Wildman–Crippen LogP) is 1.54. The molecule has 1 atom stereocenters. The maximum absolute atomic E-state index is 12.4. The normalized spacial score (nSPS) is 21.0. The molecule has 0 radical (unpaired) electrons. The summed E-state index contributed by atoms with van der Waals surface area (Å²) in [5.74, 6) is -1.11. The number of thiazole rings is 1. The molecule has 3 rings (SSSR count). The van der Waals surface area contributed by atoms with Crippen molar-refractivity contribution in [3.8, 4) is 10.7 Å². The van der Waals surface area contributed by atoms with Crippen LogP contribution < -0.4 is 0 Å². The van der Waals surface area contributed by atoms with Gasteiger partial charge in [-0.15, -0.1) is 11.3 Å². The molecule has 3 heterocycles. The maximum atomic E-state index is 12.4. The van der Waals surface area contributed by atoms with Crippen molar-refractivity contribution < 1.29 is 14.7 Å². The van der Waals surface area contributed by atoms with Gasteiger partial charge in [0.2, 0.25) is 0 Å². The summed E-state index contributed by atoms with van der Waals surface area (Å²) < 4.78 is 0. The summed E-state index contributed by atoms with van der Waals surface area (Å²) in [5, 5.41) is 11.5. The molecule has 1 saturated heterocycles. The number of carbonyl (C=O) groups is 2. The Morgan fingerprint density at radius 1 is 1.41 bits per heavy atom. The lowest BCUT2D eigenvalue weighted by Crippen LogP contribution is -2.35. The average Bonchev–Trinajstić information content (AvgIpc) is 3.15. The van der Waals surface area contributed by atoms with Crippen molar-refractivity contribution in [3.05, 3.63) is 29.7 Å². The molecule has 1 unspecified atom stereocenters. The number of amides is 1. The fourth-order valence-electron chi connectivity index (χ4n) is 2.37. The lowest BCUT2D eigenvalue weighted by molar-refractivity contribution is -0.147. The van der Waals surface area contributed by atoms with Gasteiger partial charge >= 0.3 is 5.97 Å². The zero-order valence-corrected chi connectivity index (χ0v) is 12.7. The molecule has 1 N–H and O–H groups in total. The van der Waals surface area contributed by atoms with E-state index in [1.54, 1.807) is 35.8 Å². The summed E-state index contributed by atoms with van der Waals surface area (Å²) in [6.07, 6.45) is 5.18. The highest BCUT2D eigenvalue weighted by Gasteiger charge is 2.42. The summed E-state index contributed by atoms with van der Waals surface area (Å²) in [7, 11) is 0. The van der Waals surface area contributed by atoms with Crippen LogP contribution in [0.3, 0.4) is 0 Å². The summed E-state index contributed by atoms with van der Waals surface area (Å²) in [4.78, 5) is 37.7. The first-order valence-electron chi connectivity index (χ1n) is 6.74. The van der Waals surface area contributed by atoms with Crippen molar-refractivity contribution >= 4 is 23.2 Å². The van der Waals surface area contributed by atoms with Gasteiger partial charge in [-0.3, -0.25) is 19.6 Å². The highest BCUT2D eigenvalue weighted by molar-refractivity contribution is 7.13. The van der Waals surface area contributed by atoms with E-state index < -0.39 is 11.4 Å². The molecule has 1 aliphatic heterocycles. The molecule has 0 saturated carbocycles. The van der Waals surface area contributed by atoms with Crippen molar-refractivity contribution in [1.82, 2.24) is 19.9 Å². The molecule has 1 amide bonds. The van der Waals surface area contributed by atoms with Crippen LogP contribution in [0, 0.1) is 5.41 Å². The van der Waals surface area contributed by atoms with Crippen molar-refractivity contribution in [1.29, 1.82) is 0 Å². The maximum Gasteiger partial charge on any atom is 0.311 e. The summed E-state index contributed by atoms with van der Waals surface area (Å²) in [6, 6.07) is 0. The third kappa shape index (κ3) is 2.57.